The summed E-state index contributed by atoms with van der Waals surface area (Å²) in [5.41, 5.74) is 4.89. The number of piperidine rings is 1. The zero-order valence-electron chi connectivity index (χ0n) is 30.9. The predicted molar refractivity (Wildman–Crippen MR) is 214 cm³/mol. The largest absolute Gasteiger partial charge is 0.493 e. The number of para-hydroxylation sites is 1. The fraction of sp³-hybridized carbons (Fsp3) is 0.293. The van der Waals surface area contributed by atoms with Crippen LogP contribution in [0.1, 0.15) is 68.2 Å². The van der Waals surface area contributed by atoms with Crippen LogP contribution >= 0.6 is 11.3 Å². The molecule has 5 aromatic rings. The van der Waals surface area contributed by atoms with Gasteiger partial charge in [-0.2, -0.15) is 0 Å². The molecule has 1 fully saturated rings. The lowest BCUT2D eigenvalue weighted by molar-refractivity contribution is -0.116. The highest BCUT2D eigenvalue weighted by Gasteiger charge is 2.32. The third kappa shape index (κ3) is 8.49. The summed E-state index contributed by atoms with van der Waals surface area (Å²) in [4.78, 5) is 60.1. The number of carbonyl (C=O) groups excluding carboxylic acids is 4. The van der Waals surface area contributed by atoms with Gasteiger partial charge in [-0.25, -0.2) is 0 Å². The Balaban J connectivity index is 0.895. The minimum atomic E-state index is -0.361. The molecular formula is C41H43N7O6S. The Hall–Kier alpha value is -6.15. The Morgan fingerprint density at radius 3 is 2.55 bits per heavy atom. The van der Waals surface area contributed by atoms with Crippen molar-refractivity contribution in [3.63, 3.8) is 0 Å². The molecule has 2 aliphatic rings. The molecule has 4 N–H and O–H groups in total. The van der Waals surface area contributed by atoms with Crippen molar-refractivity contribution in [2.24, 2.45) is 7.05 Å². The number of anilines is 4. The van der Waals surface area contributed by atoms with Crippen molar-refractivity contribution in [3.8, 4) is 22.1 Å². The smallest absolute Gasteiger partial charge is 0.272 e. The Morgan fingerprint density at radius 2 is 1.76 bits per heavy atom. The number of amides is 4. The fourth-order valence-electron chi connectivity index (χ4n) is 6.87. The number of pyridine rings is 1. The summed E-state index contributed by atoms with van der Waals surface area (Å²) >= 11 is 1.35. The molecular weight excluding hydrogens is 719 g/mol. The average Bonchev–Trinajstić information content (AvgIpc) is 3.73. The Morgan fingerprint density at radius 1 is 0.945 bits per heavy atom. The first kappa shape index (κ1) is 37.2. The van der Waals surface area contributed by atoms with E-state index in [4.69, 9.17) is 9.47 Å². The summed E-state index contributed by atoms with van der Waals surface area (Å²) in [5.74, 6) is 0.216. The number of rotatable bonds is 12. The summed E-state index contributed by atoms with van der Waals surface area (Å²) in [6.07, 6.45) is 6.99. The van der Waals surface area contributed by atoms with Crippen LogP contribution in [-0.4, -0.2) is 70.9 Å². The summed E-state index contributed by atoms with van der Waals surface area (Å²) in [5, 5.41) is 12.1. The van der Waals surface area contributed by atoms with Gasteiger partial charge in [0.1, 0.15) is 5.69 Å². The van der Waals surface area contributed by atoms with Crippen LogP contribution in [-0.2, 0) is 11.8 Å². The number of methoxy groups -OCH3 is 1. The first-order chi connectivity index (χ1) is 26.7. The summed E-state index contributed by atoms with van der Waals surface area (Å²) in [6, 6.07) is 20.1. The normalized spacial score (nSPS) is 14.9. The van der Waals surface area contributed by atoms with Crippen LogP contribution in [0.3, 0.4) is 0 Å². The lowest BCUT2D eigenvalue weighted by Gasteiger charge is -2.34. The molecule has 14 heteroatoms. The first-order valence-electron chi connectivity index (χ1n) is 18.3. The van der Waals surface area contributed by atoms with E-state index in [9.17, 15) is 19.2 Å². The third-order valence-electron chi connectivity index (χ3n) is 9.71. The predicted octanol–water partition coefficient (Wildman–Crippen LogP) is 7.19. The lowest BCUT2D eigenvalue weighted by Crippen LogP contribution is -2.45. The minimum Gasteiger partial charge on any atom is -0.493 e. The van der Waals surface area contributed by atoms with Crippen molar-refractivity contribution >= 4 is 57.7 Å². The van der Waals surface area contributed by atoms with Crippen LogP contribution in [0.25, 0.3) is 10.6 Å². The first-order valence-corrected chi connectivity index (χ1v) is 19.1. The van der Waals surface area contributed by atoms with E-state index in [2.05, 4.69) is 26.3 Å². The van der Waals surface area contributed by atoms with E-state index in [0.29, 0.717) is 57.7 Å². The molecule has 0 spiro atoms. The van der Waals surface area contributed by atoms with Crippen molar-refractivity contribution in [3.05, 3.63) is 101 Å². The monoisotopic (exact) mass is 761 g/mol. The van der Waals surface area contributed by atoms with Gasteiger partial charge in [-0.1, -0.05) is 18.2 Å². The highest BCUT2D eigenvalue weighted by molar-refractivity contribution is 7.17. The topological polar surface area (TPSA) is 156 Å². The third-order valence-corrected chi connectivity index (χ3v) is 11.0. The van der Waals surface area contributed by atoms with E-state index in [1.807, 2.05) is 48.2 Å². The quantitative estimate of drug-likeness (QED) is 0.0975. The second-order valence-corrected chi connectivity index (χ2v) is 14.7. The van der Waals surface area contributed by atoms with E-state index < -0.39 is 0 Å². The Labute approximate surface area is 323 Å². The Kier molecular flexibility index (Phi) is 11.1. The molecule has 0 radical (unpaired) electrons. The van der Waals surface area contributed by atoms with E-state index in [-0.39, 0.29) is 42.7 Å². The number of fused-ring (bicyclic) bond motifs is 2. The maximum atomic E-state index is 13.3. The molecule has 1 atom stereocenters. The van der Waals surface area contributed by atoms with Gasteiger partial charge in [-0.15, -0.1) is 11.3 Å². The average molecular weight is 762 g/mol. The van der Waals surface area contributed by atoms with Gasteiger partial charge < -0.3 is 40.2 Å². The number of carbonyl (C=O) groups is 4. The van der Waals surface area contributed by atoms with Crippen molar-refractivity contribution in [1.29, 1.82) is 0 Å². The number of thiophene rings is 1. The number of hydrogen-bond donors (Lipinski definition) is 4. The number of aryl methyl sites for hydroxylation is 2. The Bertz CT molecular complexity index is 2220. The van der Waals surface area contributed by atoms with E-state index in [1.54, 1.807) is 61.5 Å². The minimum absolute atomic E-state index is 0.00557. The van der Waals surface area contributed by atoms with Gasteiger partial charge in [0.05, 0.1) is 58.0 Å². The number of benzene rings is 2. The second kappa shape index (κ2) is 16.5. The highest BCUT2D eigenvalue weighted by Crippen LogP contribution is 2.37. The van der Waals surface area contributed by atoms with Crippen LogP contribution < -0.4 is 30.7 Å². The van der Waals surface area contributed by atoms with Crippen LogP contribution in [0.4, 0.5) is 22.7 Å². The molecule has 13 nitrogen and oxygen atoms in total. The van der Waals surface area contributed by atoms with Crippen molar-refractivity contribution in [1.82, 2.24) is 14.5 Å². The van der Waals surface area contributed by atoms with Gasteiger partial charge in [0, 0.05) is 50.6 Å². The standard InChI is InChI=1S/C41H43N7O6S/c1-25-18-36(55-38(25)40(51)45-26-10-5-4-6-11-26)31-15-14-27(22-42-31)46-39(50)33-19-28(24-47(33)2)44-37(49)13-9-17-54-35-21-32-30(20-34(35)53-3)41(52)48-16-8-7-12-29(48)23-43-32/h4-6,10-11,14-15,18-22,24,29,43H,7-9,12-13,16-17,23H2,1-3H3,(H,44,49)(H,45,51)(H,46,50)/t29-/m0/s1. The maximum absolute atomic E-state index is 13.3. The van der Waals surface area contributed by atoms with Crippen molar-refractivity contribution in [2.75, 3.05) is 48.1 Å². The van der Waals surface area contributed by atoms with E-state index in [0.717, 1.165) is 47.6 Å². The summed E-state index contributed by atoms with van der Waals surface area (Å²) in [7, 11) is 3.27. The lowest BCUT2D eigenvalue weighted by atomic mass is 10.0. The molecule has 0 bridgehead atoms. The molecule has 284 valence electrons. The van der Waals surface area contributed by atoms with Gasteiger partial charge in [0.15, 0.2) is 11.5 Å². The molecule has 7 rings (SSSR count). The number of aromatic nitrogens is 2. The van der Waals surface area contributed by atoms with E-state index in [1.165, 1.54) is 11.3 Å². The van der Waals surface area contributed by atoms with Crippen LogP contribution in [0.5, 0.6) is 11.5 Å². The van der Waals surface area contributed by atoms with E-state index >= 15 is 0 Å². The number of hydrogen-bond acceptors (Lipinski definition) is 9. The summed E-state index contributed by atoms with van der Waals surface area (Å²) < 4.78 is 13.2. The van der Waals surface area contributed by atoms with Gasteiger partial charge in [0.25, 0.3) is 17.7 Å². The number of ether oxygens (including phenoxy) is 2. The molecule has 4 amide bonds. The second-order valence-electron chi connectivity index (χ2n) is 13.6. The zero-order valence-corrected chi connectivity index (χ0v) is 31.8. The number of nitrogens with zero attached hydrogens (tertiary/aromatic N) is 3. The SMILES string of the molecule is COc1cc2c(cc1OCCCC(=O)Nc1cc(C(=O)Nc3ccc(-c4cc(C)c(C(=O)Nc5ccccc5)s4)nc3)n(C)c1)NC[C@@H]1CCCCN1C2=O. The van der Waals surface area contributed by atoms with Gasteiger partial charge >= 0.3 is 0 Å². The molecule has 1 saturated heterocycles. The molecule has 0 aliphatic carbocycles. The van der Waals surface area contributed by atoms with Crippen LogP contribution in [0.15, 0.2) is 79.1 Å². The molecule has 55 heavy (non-hydrogen) atoms. The van der Waals surface area contributed by atoms with Crippen LogP contribution in [0, 0.1) is 6.92 Å². The molecule has 5 heterocycles. The highest BCUT2D eigenvalue weighted by atomic mass is 32.1. The molecule has 2 aliphatic heterocycles. The molecule has 0 unspecified atom stereocenters. The van der Waals surface area contributed by atoms with Crippen LogP contribution in [0.2, 0.25) is 0 Å². The maximum Gasteiger partial charge on any atom is 0.272 e. The van der Waals surface area contributed by atoms with Crippen molar-refractivity contribution in [2.45, 2.75) is 45.1 Å². The zero-order chi connectivity index (χ0) is 38.5. The fourth-order valence-corrected chi connectivity index (χ4v) is 7.91. The van der Waals surface area contributed by atoms with Gasteiger partial charge in [-0.05, 0) is 80.6 Å². The number of nitrogens with one attached hydrogen (secondary N) is 4. The molecule has 2 aromatic carbocycles. The summed E-state index contributed by atoms with van der Waals surface area (Å²) in [6.45, 7) is 3.60. The molecule has 3 aromatic heterocycles. The molecule has 0 saturated carbocycles. The van der Waals surface area contributed by atoms with Gasteiger partial charge in [0.2, 0.25) is 5.91 Å². The van der Waals surface area contributed by atoms with Crippen molar-refractivity contribution < 1.29 is 28.7 Å². The van der Waals surface area contributed by atoms with Gasteiger partial charge in [-0.3, -0.25) is 24.2 Å².